The third kappa shape index (κ3) is 1.92. The number of carbonyl (C=O) groups is 1. The number of esters is 1. The van der Waals surface area contributed by atoms with Gasteiger partial charge in [0.05, 0.1) is 17.8 Å². The predicted molar refractivity (Wildman–Crippen MR) is 60.4 cm³/mol. The smallest absolute Gasteiger partial charge is 0.356 e. The molecule has 0 atom stereocenters. The molecule has 0 saturated carbocycles. The third-order valence-corrected chi connectivity index (χ3v) is 2.46. The van der Waals surface area contributed by atoms with Crippen molar-refractivity contribution in [3.05, 3.63) is 41.0 Å². The largest absolute Gasteiger partial charge is 0.464 e. The van der Waals surface area contributed by atoms with Crippen LogP contribution in [0.15, 0.2) is 30.3 Å². The fraction of sp³-hybridized carbons (Fsp3) is 0.0909. The number of ether oxygens (including phenoxy) is 1. The molecule has 0 unspecified atom stereocenters. The highest BCUT2D eigenvalue weighted by Crippen LogP contribution is 2.26. The number of hydrogen-bond donors (Lipinski definition) is 1. The van der Waals surface area contributed by atoms with Gasteiger partial charge in [-0.2, -0.15) is 5.10 Å². The van der Waals surface area contributed by atoms with E-state index in [1.165, 1.54) is 7.11 Å². The lowest BCUT2D eigenvalue weighted by Crippen LogP contribution is -2.00. The molecule has 0 radical (unpaired) electrons. The van der Waals surface area contributed by atoms with E-state index in [2.05, 4.69) is 14.9 Å². The summed E-state index contributed by atoms with van der Waals surface area (Å²) in [5, 5.41) is 7.19. The number of halogens is 1. The second kappa shape index (κ2) is 4.37. The first-order valence-electron chi connectivity index (χ1n) is 4.61. The molecule has 16 heavy (non-hydrogen) atoms. The lowest BCUT2D eigenvalue weighted by atomic mass is 10.1. The average Bonchev–Trinajstić information content (AvgIpc) is 2.78. The molecule has 5 heteroatoms. The van der Waals surface area contributed by atoms with Crippen molar-refractivity contribution in [3.63, 3.8) is 0 Å². The van der Waals surface area contributed by atoms with E-state index in [1.807, 2.05) is 18.2 Å². The van der Waals surface area contributed by atoms with Gasteiger partial charge in [-0.15, -0.1) is 0 Å². The second-order valence-corrected chi connectivity index (χ2v) is 3.55. The molecular weight excluding hydrogens is 228 g/mol. The van der Waals surface area contributed by atoms with Crippen LogP contribution in [0.25, 0.3) is 11.3 Å². The minimum atomic E-state index is -0.453. The maximum Gasteiger partial charge on any atom is 0.356 e. The summed E-state index contributed by atoms with van der Waals surface area (Å²) in [6.45, 7) is 0. The minimum absolute atomic E-state index is 0.303. The van der Waals surface area contributed by atoms with Crippen LogP contribution in [0, 0.1) is 0 Å². The molecule has 0 aliphatic rings. The van der Waals surface area contributed by atoms with E-state index in [0.29, 0.717) is 16.4 Å². The van der Waals surface area contributed by atoms with E-state index in [9.17, 15) is 4.79 Å². The van der Waals surface area contributed by atoms with E-state index in [0.717, 1.165) is 5.56 Å². The van der Waals surface area contributed by atoms with Crippen LogP contribution >= 0.6 is 11.6 Å². The monoisotopic (exact) mass is 236 g/mol. The van der Waals surface area contributed by atoms with Crippen molar-refractivity contribution in [1.29, 1.82) is 0 Å². The number of benzene rings is 1. The van der Waals surface area contributed by atoms with Crippen LogP contribution in [0.1, 0.15) is 10.5 Å². The quantitative estimate of drug-likeness (QED) is 0.816. The summed E-state index contributed by atoms with van der Waals surface area (Å²) in [4.78, 5) is 11.2. The van der Waals surface area contributed by atoms with Crippen LogP contribution in [-0.4, -0.2) is 23.3 Å². The van der Waals surface area contributed by atoms with Crippen molar-refractivity contribution >= 4 is 17.6 Å². The lowest BCUT2D eigenvalue weighted by Gasteiger charge is -1.97. The summed E-state index contributed by atoms with van der Waals surface area (Å²) in [5.74, 6) is -0.453. The van der Waals surface area contributed by atoms with Crippen LogP contribution in [0.5, 0.6) is 0 Å². The number of aromatic amines is 1. The van der Waals surface area contributed by atoms with Crippen molar-refractivity contribution in [1.82, 2.24) is 10.2 Å². The Balaban J connectivity index is 2.39. The SMILES string of the molecule is COC(=O)c1cc(-c2ccccc2Cl)n[nH]1. The van der Waals surface area contributed by atoms with Gasteiger partial charge in [0.1, 0.15) is 5.69 Å². The molecule has 0 aliphatic heterocycles. The Morgan fingerprint density at radius 3 is 2.88 bits per heavy atom. The van der Waals surface area contributed by atoms with Gasteiger partial charge < -0.3 is 4.74 Å². The topological polar surface area (TPSA) is 55.0 Å². The van der Waals surface area contributed by atoms with Gasteiger partial charge in [-0.25, -0.2) is 4.79 Å². The van der Waals surface area contributed by atoms with Gasteiger partial charge in [0.2, 0.25) is 0 Å². The number of methoxy groups -OCH3 is 1. The van der Waals surface area contributed by atoms with Gasteiger partial charge in [-0.1, -0.05) is 29.8 Å². The molecule has 0 fully saturated rings. The van der Waals surface area contributed by atoms with Crippen LogP contribution in [0.4, 0.5) is 0 Å². The summed E-state index contributed by atoms with van der Waals surface area (Å²) < 4.78 is 4.57. The zero-order chi connectivity index (χ0) is 11.5. The molecule has 82 valence electrons. The number of hydrogen-bond acceptors (Lipinski definition) is 3. The molecule has 1 heterocycles. The number of nitrogens with one attached hydrogen (secondary N) is 1. The highest BCUT2D eigenvalue weighted by Gasteiger charge is 2.12. The summed E-state index contributed by atoms with van der Waals surface area (Å²) in [5.41, 5.74) is 1.69. The van der Waals surface area contributed by atoms with Gasteiger partial charge in [0.25, 0.3) is 0 Å². The first kappa shape index (κ1) is 10.7. The molecule has 0 aliphatic carbocycles. The van der Waals surface area contributed by atoms with Gasteiger partial charge in [-0.05, 0) is 12.1 Å². The zero-order valence-electron chi connectivity index (χ0n) is 8.53. The lowest BCUT2D eigenvalue weighted by molar-refractivity contribution is 0.0594. The Labute approximate surface area is 97.2 Å². The molecule has 1 N–H and O–H groups in total. The molecule has 1 aromatic carbocycles. The first-order valence-corrected chi connectivity index (χ1v) is 4.99. The molecule has 0 bridgehead atoms. The molecular formula is C11H9ClN2O2. The summed E-state index contributed by atoms with van der Waals surface area (Å²) in [6.07, 6.45) is 0. The fourth-order valence-electron chi connectivity index (χ4n) is 1.34. The van der Waals surface area contributed by atoms with Crippen LogP contribution < -0.4 is 0 Å². The van der Waals surface area contributed by atoms with Crippen LogP contribution in [0.3, 0.4) is 0 Å². The van der Waals surface area contributed by atoms with Crippen molar-refractivity contribution in [2.75, 3.05) is 7.11 Å². The van der Waals surface area contributed by atoms with Gasteiger partial charge in [0, 0.05) is 5.56 Å². The third-order valence-electron chi connectivity index (χ3n) is 2.13. The van der Waals surface area contributed by atoms with Crippen LogP contribution in [-0.2, 0) is 4.74 Å². The Morgan fingerprint density at radius 1 is 1.44 bits per heavy atom. The molecule has 1 aromatic heterocycles. The first-order chi connectivity index (χ1) is 7.72. The number of H-pyrrole nitrogens is 1. The molecule has 4 nitrogen and oxygen atoms in total. The molecule has 2 rings (SSSR count). The number of rotatable bonds is 2. The minimum Gasteiger partial charge on any atom is -0.464 e. The standard InChI is InChI=1S/C11H9ClN2O2/c1-16-11(15)10-6-9(13-14-10)7-4-2-3-5-8(7)12/h2-6H,1H3,(H,13,14). The highest BCUT2D eigenvalue weighted by atomic mass is 35.5. The molecule has 0 amide bonds. The van der Waals surface area contributed by atoms with E-state index in [4.69, 9.17) is 11.6 Å². The second-order valence-electron chi connectivity index (χ2n) is 3.14. The Morgan fingerprint density at radius 2 is 2.19 bits per heavy atom. The predicted octanol–water partition coefficient (Wildman–Crippen LogP) is 2.52. The number of nitrogens with zero attached hydrogens (tertiary/aromatic N) is 1. The maximum atomic E-state index is 11.2. The van der Waals surface area contributed by atoms with Crippen molar-refractivity contribution in [3.8, 4) is 11.3 Å². The van der Waals surface area contributed by atoms with Gasteiger partial charge >= 0.3 is 5.97 Å². The highest BCUT2D eigenvalue weighted by molar-refractivity contribution is 6.33. The van der Waals surface area contributed by atoms with Gasteiger partial charge in [0.15, 0.2) is 0 Å². The summed E-state index contributed by atoms with van der Waals surface area (Å²) in [6, 6.07) is 8.89. The maximum absolute atomic E-state index is 11.2. The summed E-state index contributed by atoms with van der Waals surface area (Å²) in [7, 11) is 1.32. The summed E-state index contributed by atoms with van der Waals surface area (Å²) >= 11 is 6.01. The normalized spacial score (nSPS) is 10.1. The van der Waals surface area contributed by atoms with Gasteiger partial charge in [-0.3, -0.25) is 5.10 Å². The van der Waals surface area contributed by atoms with E-state index in [1.54, 1.807) is 12.1 Å². The zero-order valence-corrected chi connectivity index (χ0v) is 9.28. The molecule has 2 aromatic rings. The number of aromatic nitrogens is 2. The Kier molecular flexibility index (Phi) is 2.92. The van der Waals surface area contributed by atoms with Crippen molar-refractivity contribution in [2.45, 2.75) is 0 Å². The van der Waals surface area contributed by atoms with Crippen LogP contribution in [0.2, 0.25) is 5.02 Å². The number of carbonyl (C=O) groups excluding carboxylic acids is 1. The Bertz CT molecular complexity index is 522. The Hall–Kier alpha value is -1.81. The molecule has 0 saturated heterocycles. The van der Waals surface area contributed by atoms with E-state index >= 15 is 0 Å². The average molecular weight is 237 g/mol. The van der Waals surface area contributed by atoms with E-state index in [-0.39, 0.29) is 0 Å². The van der Waals surface area contributed by atoms with Crippen molar-refractivity contribution < 1.29 is 9.53 Å². The molecule has 0 spiro atoms. The fourth-order valence-corrected chi connectivity index (χ4v) is 1.58. The van der Waals surface area contributed by atoms with Crippen molar-refractivity contribution in [2.24, 2.45) is 0 Å². The van der Waals surface area contributed by atoms with E-state index < -0.39 is 5.97 Å².